The van der Waals surface area contributed by atoms with E-state index in [1.807, 2.05) is 12.1 Å². The molecule has 36 heavy (non-hydrogen) atoms. The second kappa shape index (κ2) is 16.8. The van der Waals surface area contributed by atoms with Gasteiger partial charge in [-0.1, -0.05) is 121 Å². The minimum absolute atomic E-state index is 0. The normalized spacial score (nSPS) is 9.39. The zero-order valence-corrected chi connectivity index (χ0v) is 27.3. The first kappa shape index (κ1) is 32.2. The second-order valence-electron chi connectivity index (χ2n) is 8.06. The molecule has 0 saturated carbocycles. The van der Waals surface area contributed by atoms with Crippen molar-refractivity contribution in [3.05, 3.63) is 133 Å². The van der Waals surface area contributed by atoms with Crippen LogP contribution in [0.4, 0.5) is 0 Å². The molecule has 1 radical (unpaired) electrons. The third-order valence-electron chi connectivity index (χ3n) is 5.45. The van der Waals surface area contributed by atoms with Gasteiger partial charge in [-0.05, 0) is 0 Å². The predicted octanol–water partition coefficient (Wildman–Crippen LogP) is 2.98. The minimum atomic E-state index is 0. The fraction of sp³-hybridized carbons (Fsp3) is 0.0625. The smallest absolute Gasteiger partial charge is 1.00 e. The van der Waals surface area contributed by atoms with Gasteiger partial charge in [-0.25, -0.2) is 0 Å². The summed E-state index contributed by atoms with van der Waals surface area (Å²) in [5, 5.41) is 5.26. The monoisotopic (exact) mass is 689 g/mol. The molecule has 0 aromatic heterocycles. The van der Waals surface area contributed by atoms with Crippen molar-refractivity contribution in [3.63, 3.8) is 0 Å². The summed E-state index contributed by atoms with van der Waals surface area (Å²) in [6.45, 7) is 4.42. The average Bonchev–Trinajstić information content (AvgIpc) is 3.51. The molecule has 0 saturated heterocycles. The van der Waals surface area contributed by atoms with Crippen LogP contribution < -0.4 is 34.0 Å². The van der Waals surface area contributed by atoms with Crippen LogP contribution in [-0.2, 0) is 26.2 Å². The van der Waals surface area contributed by atoms with Gasteiger partial charge < -0.3 is 34.0 Å². The van der Waals surface area contributed by atoms with Gasteiger partial charge in [0.05, 0.1) is 0 Å². The number of hydrogen-bond acceptors (Lipinski definition) is 0. The van der Waals surface area contributed by atoms with Gasteiger partial charge >= 0.3 is 26.2 Å². The summed E-state index contributed by atoms with van der Waals surface area (Å²) in [6, 6.07) is 46.9. The number of rotatable bonds is 2. The van der Waals surface area contributed by atoms with Crippen molar-refractivity contribution in [1.29, 1.82) is 0 Å². The van der Waals surface area contributed by atoms with E-state index >= 15 is 0 Å². The van der Waals surface area contributed by atoms with Crippen LogP contribution in [0.15, 0.2) is 133 Å². The molecule has 0 unspecified atom stereocenters. The first-order chi connectivity index (χ1) is 16.3. The number of halogens is 2. The van der Waals surface area contributed by atoms with E-state index in [9.17, 15) is 0 Å². The van der Waals surface area contributed by atoms with E-state index < -0.39 is 0 Å². The summed E-state index contributed by atoms with van der Waals surface area (Å²) in [6.07, 6.45) is 0. The van der Waals surface area contributed by atoms with E-state index in [4.69, 9.17) is 0 Å². The Morgan fingerprint density at radius 3 is 1.11 bits per heavy atom. The Labute approximate surface area is 258 Å². The molecule has 0 N–H and O–H groups in total. The van der Waals surface area contributed by atoms with Gasteiger partial charge in [-0.15, -0.1) is 69.1 Å². The van der Waals surface area contributed by atoms with Crippen LogP contribution in [-0.4, -0.2) is 9.52 Å². The second-order valence-corrected chi connectivity index (χ2v) is 9.21. The van der Waals surface area contributed by atoms with E-state index in [1.165, 1.54) is 43.8 Å². The van der Waals surface area contributed by atoms with Crippen molar-refractivity contribution >= 4 is 31.1 Å². The Hall–Kier alpha value is -1.84. The Morgan fingerprint density at radius 2 is 0.778 bits per heavy atom. The van der Waals surface area contributed by atoms with E-state index in [0.29, 0.717) is 0 Å². The van der Waals surface area contributed by atoms with Crippen molar-refractivity contribution in [2.75, 3.05) is 0 Å². The van der Waals surface area contributed by atoms with Gasteiger partial charge in [0, 0.05) is 9.52 Å². The SMILES string of the molecule is C[SiH]C.[Br-].[Br-].[Zr+4].c1ccc(-c2cc3ccccc3[cH-]2)cc1.c1ccc(-c2cc3ccccc3[cH-]2)cc1. The summed E-state index contributed by atoms with van der Waals surface area (Å²) >= 11 is 0. The van der Waals surface area contributed by atoms with Crippen molar-refractivity contribution in [2.45, 2.75) is 13.1 Å². The number of fused-ring (bicyclic) bond motifs is 2. The van der Waals surface area contributed by atoms with Gasteiger partial charge in [-0.2, -0.15) is 0 Å². The molecule has 0 bridgehead atoms. The molecule has 6 rings (SSSR count). The van der Waals surface area contributed by atoms with Gasteiger partial charge in [0.15, 0.2) is 0 Å². The largest absolute Gasteiger partial charge is 4.00 e. The maximum Gasteiger partial charge on any atom is 4.00 e. The molecule has 0 aliphatic carbocycles. The molecule has 6 aromatic rings. The average molecular weight is 693 g/mol. The number of hydrogen-bond donors (Lipinski definition) is 0. The Bertz CT molecular complexity index is 1230. The van der Waals surface area contributed by atoms with Crippen molar-refractivity contribution in [1.82, 2.24) is 0 Å². The predicted molar refractivity (Wildman–Crippen MR) is 149 cm³/mol. The molecule has 179 valence electrons. The first-order valence-electron chi connectivity index (χ1n) is 11.4. The van der Waals surface area contributed by atoms with E-state index in [2.05, 4.69) is 134 Å². The Morgan fingerprint density at radius 1 is 0.472 bits per heavy atom. The molecule has 4 heteroatoms. The molecule has 0 aliphatic rings. The third kappa shape index (κ3) is 8.63. The van der Waals surface area contributed by atoms with E-state index in [0.717, 1.165) is 9.52 Å². The van der Waals surface area contributed by atoms with Crippen LogP contribution in [0.2, 0.25) is 13.1 Å². The van der Waals surface area contributed by atoms with Crippen LogP contribution in [0.5, 0.6) is 0 Å². The third-order valence-corrected chi connectivity index (χ3v) is 5.45. The van der Waals surface area contributed by atoms with Crippen LogP contribution in [0, 0.1) is 0 Å². The molecule has 6 aromatic carbocycles. The molecule has 0 atom stereocenters. The van der Waals surface area contributed by atoms with E-state index in [1.54, 1.807) is 0 Å². The fourth-order valence-electron chi connectivity index (χ4n) is 3.90. The van der Waals surface area contributed by atoms with Gasteiger partial charge in [0.2, 0.25) is 0 Å². The van der Waals surface area contributed by atoms with Crippen LogP contribution >= 0.6 is 0 Å². The summed E-state index contributed by atoms with van der Waals surface area (Å²) in [5.74, 6) is 0. The molecule has 0 fully saturated rings. The zero-order valence-electron chi connectivity index (χ0n) is 20.5. The number of benzene rings is 4. The standard InChI is InChI=1S/2C15H11.C2H7Si.2BrH.Zr/c2*1-2-6-12(7-3-1)15-10-13-8-4-5-9-14(13)11-15;1-3-2;;;/h2*1-11H;3H,1-2H3;2*1H;/q2*-1;;;;+4/p-2. The summed E-state index contributed by atoms with van der Waals surface area (Å²) in [7, 11) is 0.750. The first-order valence-corrected chi connectivity index (χ1v) is 13.7. The van der Waals surface area contributed by atoms with Crippen LogP contribution in [0.25, 0.3) is 43.8 Å². The van der Waals surface area contributed by atoms with Crippen LogP contribution in [0.3, 0.4) is 0 Å². The van der Waals surface area contributed by atoms with E-state index in [-0.39, 0.29) is 60.2 Å². The van der Waals surface area contributed by atoms with Gasteiger partial charge in [-0.3, -0.25) is 0 Å². The summed E-state index contributed by atoms with van der Waals surface area (Å²) < 4.78 is 0. The molecule has 0 heterocycles. The minimum Gasteiger partial charge on any atom is -1.00 e. The fourth-order valence-corrected chi connectivity index (χ4v) is 3.90. The van der Waals surface area contributed by atoms with Crippen molar-refractivity contribution in [2.24, 2.45) is 0 Å². The molecule has 0 aliphatic heterocycles. The summed E-state index contributed by atoms with van der Waals surface area (Å²) in [4.78, 5) is 0. The maximum absolute atomic E-state index is 2.24. The van der Waals surface area contributed by atoms with Gasteiger partial charge in [0.1, 0.15) is 0 Å². The summed E-state index contributed by atoms with van der Waals surface area (Å²) in [5.41, 5.74) is 5.18. The van der Waals surface area contributed by atoms with Crippen molar-refractivity contribution in [3.8, 4) is 22.3 Å². The zero-order chi connectivity index (χ0) is 22.9. The van der Waals surface area contributed by atoms with Crippen molar-refractivity contribution < 1.29 is 60.2 Å². The topological polar surface area (TPSA) is 0 Å². The molecular weight excluding hydrogens is 663 g/mol. The molecule has 0 amide bonds. The Kier molecular flexibility index (Phi) is 15.0. The molecular formula is C32H29Br2SiZr. The quantitative estimate of drug-likeness (QED) is 0.194. The Balaban J connectivity index is 0.000000302. The maximum atomic E-state index is 2.24. The van der Waals surface area contributed by atoms with Gasteiger partial charge in [0.25, 0.3) is 0 Å². The molecule has 0 spiro atoms. The molecule has 0 nitrogen and oxygen atoms in total. The van der Waals surface area contributed by atoms with Crippen LogP contribution in [0.1, 0.15) is 0 Å².